The van der Waals surface area contributed by atoms with Gasteiger partial charge in [0, 0.05) is 62.8 Å². The number of benzene rings is 1. The van der Waals surface area contributed by atoms with Gasteiger partial charge in [-0.05, 0) is 37.5 Å². The first-order valence-corrected chi connectivity index (χ1v) is 10.3. The van der Waals surface area contributed by atoms with Gasteiger partial charge in [0.25, 0.3) is 0 Å². The quantitative estimate of drug-likeness (QED) is 0.364. The zero-order chi connectivity index (χ0) is 19.6. The second kappa shape index (κ2) is 9.66. The second-order valence-corrected chi connectivity index (χ2v) is 8.32. The van der Waals surface area contributed by atoms with E-state index in [-0.39, 0.29) is 29.4 Å². The molecular weight excluding hydrogens is 501 g/mol. The minimum atomic E-state index is 0. The summed E-state index contributed by atoms with van der Waals surface area (Å²) in [7, 11) is 1.87. The van der Waals surface area contributed by atoms with Gasteiger partial charge in [0.1, 0.15) is 5.76 Å². The van der Waals surface area contributed by atoms with Gasteiger partial charge in [0.15, 0.2) is 5.96 Å². The number of nitrogens with zero attached hydrogens (tertiary/aromatic N) is 4. The molecule has 2 aromatic rings. The topological polar surface area (TPSA) is 56.9 Å². The Morgan fingerprint density at radius 3 is 2.59 bits per heavy atom. The number of aryl methyl sites for hydroxylation is 1. The molecule has 8 heteroatoms. The van der Waals surface area contributed by atoms with Gasteiger partial charge in [-0.15, -0.1) is 24.0 Å². The predicted octanol–water partition coefficient (Wildman–Crippen LogP) is 3.68. The molecule has 29 heavy (non-hydrogen) atoms. The Balaban J connectivity index is 0.00000240. The minimum absolute atomic E-state index is 0. The lowest BCUT2D eigenvalue weighted by Crippen LogP contribution is -2.53. The van der Waals surface area contributed by atoms with Crippen LogP contribution in [0.3, 0.4) is 0 Å². The number of aliphatic imine (C=N–C) groups is 1. The van der Waals surface area contributed by atoms with E-state index in [0.29, 0.717) is 0 Å². The van der Waals surface area contributed by atoms with Crippen LogP contribution in [-0.4, -0.2) is 60.7 Å². The average Bonchev–Trinajstić information content (AvgIpc) is 3.39. The Kier molecular flexibility index (Phi) is 7.45. The van der Waals surface area contributed by atoms with E-state index >= 15 is 0 Å². The van der Waals surface area contributed by atoms with E-state index in [1.165, 1.54) is 18.4 Å². The van der Waals surface area contributed by atoms with Crippen molar-refractivity contribution in [2.24, 2.45) is 4.99 Å². The van der Waals surface area contributed by atoms with E-state index in [0.717, 1.165) is 61.7 Å². The van der Waals surface area contributed by atoms with Crippen LogP contribution in [0, 0.1) is 6.92 Å². The zero-order valence-corrected chi connectivity index (χ0v) is 20.1. The van der Waals surface area contributed by atoms with Crippen LogP contribution >= 0.6 is 35.6 Å². The van der Waals surface area contributed by atoms with Crippen LogP contribution < -0.4 is 5.32 Å². The first-order chi connectivity index (χ1) is 13.6. The molecule has 1 aliphatic heterocycles. The number of piperazine rings is 1. The van der Waals surface area contributed by atoms with Gasteiger partial charge < -0.3 is 14.7 Å². The molecule has 1 aliphatic carbocycles. The van der Waals surface area contributed by atoms with Gasteiger partial charge in [-0.1, -0.05) is 28.9 Å². The lowest BCUT2D eigenvalue weighted by atomic mass is 9.96. The summed E-state index contributed by atoms with van der Waals surface area (Å²) < 4.78 is 5.17. The highest BCUT2D eigenvalue weighted by Crippen LogP contribution is 2.48. The summed E-state index contributed by atoms with van der Waals surface area (Å²) in [5.74, 6) is 1.86. The van der Waals surface area contributed by atoms with Crippen LogP contribution in [0.2, 0.25) is 5.02 Å². The van der Waals surface area contributed by atoms with E-state index in [1.54, 1.807) is 0 Å². The van der Waals surface area contributed by atoms with Gasteiger partial charge in [-0.25, -0.2) is 0 Å². The van der Waals surface area contributed by atoms with Crippen molar-refractivity contribution in [2.75, 3.05) is 39.8 Å². The molecule has 0 unspecified atom stereocenters. The predicted molar refractivity (Wildman–Crippen MR) is 127 cm³/mol. The summed E-state index contributed by atoms with van der Waals surface area (Å²) in [6.07, 6.45) is 2.39. The first-order valence-electron chi connectivity index (χ1n) is 9.94. The monoisotopic (exact) mass is 529 g/mol. The highest BCUT2D eigenvalue weighted by molar-refractivity contribution is 14.0. The molecule has 0 amide bonds. The van der Waals surface area contributed by atoms with Crippen LogP contribution in [0.4, 0.5) is 0 Å². The number of hydrogen-bond acceptors (Lipinski definition) is 4. The molecule has 2 aliphatic rings. The molecule has 0 spiro atoms. The number of hydrogen-bond donors (Lipinski definition) is 1. The Bertz CT molecular complexity index is 843. The summed E-state index contributed by atoms with van der Waals surface area (Å²) >= 11 is 6.20. The number of halogens is 2. The van der Waals surface area contributed by atoms with Crippen molar-refractivity contribution in [3.63, 3.8) is 0 Å². The molecule has 0 bridgehead atoms. The second-order valence-electron chi connectivity index (χ2n) is 7.88. The SMILES string of the molecule is CN=C(NCC1(c2cccc(Cl)c2)CC1)N1CCN(Cc2cc(C)on2)CC1.I. The van der Waals surface area contributed by atoms with E-state index < -0.39 is 0 Å². The number of guanidine groups is 1. The van der Waals surface area contributed by atoms with Gasteiger partial charge in [-0.3, -0.25) is 9.89 Å². The Morgan fingerprint density at radius 1 is 1.24 bits per heavy atom. The maximum Gasteiger partial charge on any atom is 0.193 e. The summed E-state index contributed by atoms with van der Waals surface area (Å²) in [5, 5.41) is 8.53. The third-order valence-electron chi connectivity index (χ3n) is 5.82. The highest BCUT2D eigenvalue weighted by Gasteiger charge is 2.44. The molecule has 0 radical (unpaired) electrons. The Hall–Kier alpha value is -1.32. The molecule has 2 fully saturated rings. The lowest BCUT2D eigenvalue weighted by Gasteiger charge is -2.36. The van der Waals surface area contributed by atoms with Crippen LogP contribution in [-0.2, 0) is 12.0 Å². The highest BCUT2D eigenvalue weighted by atomic mass is 127. The van der Waals surface area contributed by atoms with E-state index in [2.05, 4.69) is 37.4 Å². The van der Waals surface area contributed by atoms with Crippen molar-refractivity contribution in [1.82, 2.24) is 20.3 Å². The Labute approximate surface area is 194 Å². The van der Waals surface area contributed by atoms with Crippen molar-refractivity contribution < 1.29 is 4.52 Å². The molecule has 1 saturated heterocycles. The largest absolute Gasteiger partial charge is 0.361 e. The molecule has 158 valence electrons. The molecule has 1 aromatic carbocycles. The maximum absolute atomic E-state index is 6.20. The maximum atomic E-state index is 6.20. The van der Waals surface area contributed by atoms with Gasteiger partial charge in [0.05, 0.1) is 5.69 Å². The fourth-order valence-corrected chi connectivity index (χ4v) is 4.15. The third kappa shape index (κ3) is 5.44. The molecule has 2 heterocycles. The smallest absolute Gasteiger partial charge is 0.193 e. The van der Waals surface area contributed by atoms with Gasteiger partial charge >= 0.3 is 0 Å². The standard InChI is InChI=1S/C21H28ClN5O.HI/c1-16-12-19(25-28-16)14-26-8-10-27(11-9-26)20(23-2)24-15-21(6-7-21)17-4-3-5-18(22)13-17;/h3-5,12-13H,6-11,14-15H2,1-2H3,(H,23,24);1H. The average molecular weight is 530 g/mol. The Morgan fingerprint density at radius 2 is 2.00 bits per heavy atom. The van der Waals surface area contributed by atoms with Gasteiger partial charge in [0.2, 0.25) is 0 Å². The molecule has 1 aromatic heterocycles. The van der Waals surface area contributed by atoms with Crippen molar-refractivity contribution in [2.45, 2.75) is 31.7 Å². The molecule has 1 N–H and O–H groups in total. The minimum Gasteiger partial charge on any atom is -0.361 e. The zero-order valence-electron chi connectivity index (χ0n) is 17.0. The summed E-state index contributed by atoms with van der Waals surface area (Å²) in [6.45, 7) is 7.58. The number of aromatic nitrogens is 1. The molecule has 1 saturated carbocycles. The molecular formula is C21H29ClIN5O. The lowest BCUT2D eigenvalue weighted by molar-refractivity contribution is 0.169. The first kappa shape index (κ1) is 22.4. The normalized spacial score (nSPS) is 19.0. The third-order valence-corrected chi connectivity index (χ3v) is 6.06. The van der Waals surface area contributed by atoms with Crippen molar-refractivity contribution >= 4 is 41.5 Å². The van der Waals surface area contributed by atoms with Crippen LogP contribution in [0.25, 0.3) is 0 Å². The molecule has 0 atom stereocenters. The van der Waals surface area contributed by atoms with E-state index in [1.807, 2.05) is 32.2 Å². The van der Waals surface area contributed by atoms with Crippen molar-refractivity contribution in [3.05, 3.63) is 52.4 Å². The molecule has 4 rings (SSSR count). The van der Waals surface area contributed by atoms with Crippen molar-refractivity contribution in [3.8, 4) is 0 Å². The fraction of sp³-hybridized carbons (Fsp3) is 0.524. The fourth-order valence-electron chi connectivity index (χ4n) is 3.96. The van der Waals surface area contributed by atoms with E-state index in [9.17, 15) is 0 Å². The summed E-state index contributed by atoms with van der Waals surface area (Å²) in [5.41, 5.74) is 2.54. The summed E-state index contributed by atoms with van der Waals surface area (Å²) in [6, 6.07) is 10.3. The number of rotatable bonds is 5. The summed E-state index contributed by atoms with van der Waals surface area (Å²) in [4.78, 5) is 9.28. The van der Waals surface area contributed by atoms with Crippen LogP contribution in [0.15, 0.2) is 39.8 Å². The van der Waals surface area contributed by atoms with Crippen molar-refractivity contribution in [1.29, 1.82) is 0 Å². The van der Waals surface area contributed by atoms with Crippen LogP contribution in [0.1, 0.15) is 29.9 Å². The van der Waals surface area contributed by atoms with E-state index in [4.69, 9.17) is 16.1 Å². The number of nitrogens with one attached hydrogen (secondary N) is 1. The molecule has 6 nitrogen and oxygen atoms in total. The van der Waals surface area contributed by atoms with Gasteiger partial charge in [-0.2, -0.15) is 0 Å². The van der Waals surface area contributed by atoms with Crippen LogP contribution in [0.5, 0.6) is 0 Å².